The van der Waals surface area contributed by atoms with E-state index >= 15 is 0 Å². The van der Waals surface area contributed by atoms with Gasteiger partial charge in [0.2, 0.25) is 0 Å². The average Bonchev–Trinajstić information content (AvgIpc) is 2.56. The van der Waals surface area contributed by atoms with Crippen LogP contribution in [0.1, 0.15) is 18.1 Å². The lowest BCUT2D eigenvalue weighted by Crippen LogP contribution is -1.98. The Labute approximate surface area is 134 Å². The van der Waals surface area contributed by atoms with Gasteiger partial charge in [0.25, 0.3) is 0 Å². The SMILES string of the molecule is CCOP(Cc1ccccc1OC)Cc1ccccc1OC. The van der Waals surface area contributed by atoms with Crippen LogP contribution in [-0.4, -0.2) is 20.8 Å². The Bertz CT molecular complexity index is 537. The summed E-state index contributed by atoms with van der Waals surface area (Å²) in [6.45, 7) is 2.76. The Morgan fingerprint density at radius 2 is 1.23 bits per heavy atom. The third-order valence-electron chi connectivity index (χ3n) is 3.39. The van der Waals surface area contributed by atoms with Gasteiger partial charge in [-0.2, -0.15) is 0 Å². The number of hydrogen-bond donors (Lipinski definition) is 0. The van der Waals surface area contributed by atoms with Crippen molar-refractivity contribution < 1.29 is 14.0 Å². The summed E-state index contributed by atoms with van der Waals surface area (Å²) < 4.78 is 16.9. The highest BCUT2D eigenvalue weighted by molar-refractivity contribution is 7.50. The molecule has 0 saturated heterocycles. The fourth-order valence-electron chi connectivity index (χ4n) is 2.38. The number of benzene rings is 2. The van der Waals surface area contributed by atoms with Gasteiger partial charge in [-0.25, -0.2) is 0 Å². The smallest absolute Gasteiger partial charge is 0.122 e. The molecule has 0 unspecified atom stereocenters. The van der Waals surface area contributed by atoms with Crippen LogP contribution >= 0.6 is 8.15 Å². The van der Waals surface area contributed by atoms with E-state index in [1.165, 1.54) is 11.1 Å². The number of methoxy groups -OCH3 is 2. The molecule has 0 radical (unpaired) electrons. The van der Waals surface area contributed by atoms with E-state index in [2.05, 4.69) is 12.1 Å². The standard InChI is InChI=1S/C18H23O3P/c1-4-21-22(13-15-9-5-7-11-17(15)19-2)14-16-10-6-8-12-18(16)20-3/h5-12H,4,13-14H2,1-3H3. The van der Waals surface area contributed by atoms with Crippen LogP contribution in [0.4, 0.5) is 0 Å². The van der Waals surface area contributed by atoms with Gasteiger partial charge in [0, 0.05) is 38.2 Å². The molecule has 0 fully saturated rings. The molecule has 0 aliphatic heterocycles. The summed E-state index contributed by atoms with van der Waals surface area (Å²) >= 11 is 0. The zero-order valence-corrected chi connectivity index (χ0v) is 14.3. The van der Waals surface area contributed by atoms with Gasteiger partial charge in [0.15, 0.2) is 0 Å². The molecule has 22 heavy (non-hydrogen) atoms. The van der Waals surface area contributed by atoms with E-state index in [1.807, 2.05) is 43.3 Å². The first kappa shape index (κ1) is 16.8. The molecular formula is C18H23O3P. The number of hydrogen-bond acceptors (Lipinski definition) is 3. The Morgan fingerprint density at radius 1 is 0.773 bits per heavy atom. The van der Waals surface area contributed by atoms with Crippen molar-refractivity contribution in [2.45, 2.75) is 19.2 Å². The molecule has 2 aromatic rings. The van der Waals surface area contributed by atoms with Gasteiger partial charge < -0.3 is 14.0 Å². The zero-order valence-electron chi connectivity index (χ0n) is 13.4. The molecule has 4 heteroatoms. The minimum Gasteiger partial charge on any atom is -0.496 e. The van der Waals surface area contributed by atoms with Crippen molar-refractivity contribution in [2.75, 3.05) is 20.8 Å². The summed E-state index contributed by atoms with van der Waals surface area (Å²) in [5.41, 5.74) is 2.39. The summed E-state index contributed by atoms with van der Waals surface area (Å²) in [5, 5.41) is 0. The second kappa shape index (κ2) is 8.77. The molecule has 0 bridgehead atoms. The van der Waals surface area contributed by atoms with Gasteiger partial charge in [-0.15, -0.1) is 0 Å². The lowest BCUT2D eigenvalue weighted by molar-refractivity contribution is 0.373. The zero-order chi connectivity index (χ0) is 15.8. The summed E-state index contributed by atoms with van der Waals surface area (Å²) in [6, 6.07) is 16.3. The van der Waals surface area contributed by atoms with E-state index in [0.717, 1.165) is 30.4 Å². The van der Waals surface area contributed by atoms with Gasteiger partial charge in [-0.1, -0.05) is 36.4 Å². The second-order valence-corrected chi connectivity index (χ2v) is 6.69. The minimum atomic E-state index is -0.617. The third kappa shape index (κ3) is 4.46. The Balaban J connectivity index is 2.16. The maximum Gasteiger partial charge on any atom is 0.122 e. The van der Waals surface area contributed by atoms with Crippen molar-refractivity contribution >= 4 is 8.15 Å². The van der Waals surface area contributed by atoms with E-state index in [0.29, 0.717) is 0 Å². The first-order chi connectivity index (χ1) is 10.8. The van der Waals surface area contributed by atoms with Crippen molar-refractivity contribution in [3.63, 3.8) is 0 Å². The van der Waals surface area contributed by atoms with Gasteiger partial charge >= 0.3 is 0 Å². The Hall–Kier alpha value is -1.57. The van der Waals surface area contributed by atoms with Crippen LogP contribution in [0.3, 0.4) is 0 Å². The monoisotopic (exact) mass is 318 g/mol. The van der Waals surface area contributed by atoms with Crippen LogP contribution in [-0.2, 0) is 16.8 Å². The van der Waals surface area contributed by atoms with Crippen LogP contribution in [0.5, 0.6) is 11.5 Å². The summed E-state index contributed by atoms with van der Waals surface area (Å²) in [5.74, 6) is 1.85. The number of ether oxygens (including phenoxy) is 2. The minimum absolute atomic E-state index is 0.617. The largest absolute Gasteiger partial charge is 0.496 e. The topological polar surface area (TPSA) is 27.7 Å². The van der Waals surface area contributed by atoms with Crippen LogP contribution < -0.4 is 9.47 Å². The number of rotatable bonds is 8. The summed E-state index contributed by atoms with van der Waals surface area (Å²) in [4.78, 5) is 0. The van der Waals surface area contributed by atoms with Crippen molar-refractivity contribution in [3.8, 4) is 11.5 Å². The Morgan fingerprint density at radius 3 is 1.64 bits per heavy atom. The lowest BCUT2D eigenvalue weighted by Gasteiger charge is -2.19. The molecular weight excluding hydrogens is 295 g/mol. The van der Waals surface area contributed by atoms with E-state index in [-0.39, 0.29) is 0 Å². The predicted molar refractivity (Wildman–Crippen MR) is 91.9 cm³/mol. The van der Waals surface area contributed by atoms with Crippen molar-refractivity contribution in [1.82, 2.24) is 0 Å². The third-order valence-corrected chi connectivity index (χ3v) is 5.40. The van der Waals surface area contributed by atoms with Crippen LogP contribution in [0.2, 0.25) is 0 Å². The maximum absolute atomic E-state index is 6.00. The normalized spacial score (nSPS) is 10.7. The molecule has 0 aliphatic carbocycles. The van der Waals surface area contributed by atoms with Crippen molar-refractivity contribution in [2.24, 2.45) is 0 Å². The maximum atomic E-state index is 6.00. The molecule has 0 aliphatic rings. The van der Waals surface area contributed by atoms with E-state index in [4.69, 9.17) is 14.0 Å². The average molecular weight is 318 g/mol. The molecule has 3 nitrogen and oxygen atoms in total. The lowest BCUT2D eigenvalue weighted by atomic mass is 10.2. The molecule has 0 N–H and O–H groups in total. The molecule has 0 amide bonds. The van der Waals surface area contributed by atoms with Gasteiger partial charge in [0.1, 0.15) is 11.5 Å². The summed E-state index contributed by atoms with van der Waals surface area (Å²) in [6.07, 6.45) is 1.76. The fourth-order valence-corrected chi connectivity index (χ4v) is 4.32. The van der Waals surface area contributed by atoms with E-state index in [9.17, 15) is 0 Å². The van der Waals surface area contributed by atoms with Gasteiger partial charge in [-0.05, 0) is 19.1 Å². The second-order valence-electron chi connectivity index (χ2n) is 4.84. The molecule has 2 rings (SSSR count). The molecule has 0 aromatic heterocycles. The van der Waals surface area contributed by atoms with Crippen LogP contribution in [0, 0.1) is 0 Å². The first-order valence-corrected chi connectivity index (χ1v) is 9.03. The first-order valence-electron chi connectivity index (χ1n) is 7.40. The molecule has 0 saturated carbocycles. The van der Waals surface area contributed by atoms with Gasteiger partial charge in [0.05, 0.1) is 14.2 Å². The molecule has 0 spiro atoms. The molecule has 0 heterocycles. The molecule has 118 valence electrons. The van der Waals surface area contributed by atoms with Crippen LogP contribution in [0.25, 0.3) is 0 Å². The van der Waals surface area contributed by atoms with Crippen molar-refractivity contribution in [3.05, 3.63) is 59.7 Å². The fraction of sp³-hybridized carbons (Fsp3) is 0.333. The Kier molecular flexibility index (Phi) is 6.70. The predicted octanol–water partition coefficient (Wildman–Crippen LogP) is 4.84. The quantitative estimate of drug-likeness (QED) is 0.652. The van der Waals surface area contributed by atoms with E-state index < -0.39 is 8.15 Å². The van der Waals surface area contributed by atoms with Crippen molar-refractivity contribution in [1.29, 1.82) is 0 Å². The summed E-state index contributed by atoms with van der Waals surface area (Å²) in [7, 11) is 2.80. The highest BCUT2D eigenvalue weighted by Gasteiger charge is 2.15. The van der Waals surface area contributed by atoms with Gasteiger partial charge in [-0.3, -0.25) is 0 Å². The highest BCUT2D eigenvalue weighted by Crippen LogP contribution is 2.47. The molecule has 2 aromatic carbocycles. The molecule has 0 atom stereocenters. The highest BCUT2D eigenvalue weighted by atomic mass is 31.1. The van der Waals surface area contributed by atoms with E-state index in [1.54, 1.807) is 14.2 Å². The number of para-hydroxylation sites is 2. The van der Waals surface area contributed by atoms with Crippen LogP contribution in [0.15, 0.2) is 48.5 Å².